The number of nitrogens with one attached hydrogen (secondary N) is 1. The van der Waals surface area contributed by atoms with E-state index in [0.717, 1.165) is 12.8 Å². The number of rotatable bonds is 9. The molecule has 0 rings (SSSR count). The molecule has 0 aliphatic carbocycles. The van der Waals surface area contributed by atoms with E-state index in [1.807, 2.05) is 6.92 Å². The van der Waals surface area contributed by atoms with Gasteiger partial charge in [-0.05, 0) is 6.42 Å². The fourth-order valence-corrected chi connectivity index (χ4v) is 2.16. The van der Waals surface area contributed by atoms with Gasteiger partial charge in [-0.15, -0.1) is 6.58 Å². The second-order valence-corrected chi connectivity index (χ2v) is 5.84. The first kappa shape index (κ1) is 16.1. The van der Waals surface area contributed by atoms with Crippen LogP contribution in [0.25, 0.3) is 0 Å². The van der Waals surface area contributed by atoms with E-state index in [0.29, 0.717) is 13.1 Å². The third-order valence-corrected chi connectivity index (χ3v) is 3.57. The van der Waals surface area contributed by atoms with Crippen molar-refractivity contribution in [3.63, 3.8) is 0 Å². The molecule has 0 aliphatic rings. The minimum Gasteiger partial charge on any atom is -0.353 e. The van der Waals surface area contributed by atoms with Crippen molar-refractivity contribution in [3.05, 3.63) is 12.7 Å². The van der Waals surface area contributed by atoms with E-state index in [1.54, 1.807) is 6.08 Å². The zero-order valence-corrected chi connectivity index (χ0v) is 11.4. The van der Waals surface area contributed by atoms with Gasteiger partial charge in [-0.2, -0.15) is 0 Å². The minimum absolute atomic E-state index is 0.157. The van der Waals surface area contributed by atoms with E-state index in [9.17, 15) is 13.2 Å². The van der Waals surface area contributed by atoms with Gasteiger partial charge < -0.3 is 5.32 Å². The molecule has 0 unspecified atom stereocenters. The molecule has 0 aromatic carbocycles. The Labute approximate surface area is 104 Å². The Bertz CT molecular complexity index is 339. The minimum atomic E-state index is -3.22. The summed E-state index contributed by atoms with van der Waals surface area (Å²) in [4.78, 5) is 11.3. The number of carbonyl (C=O) groups excluding carboxylic acids is 1. The SMILES string of the molecule is C=CCNC(=O)CCN(CCCC)S(C)(=O)=O. The number of amides is 1. The summed E-state index contributed by atoms with van der Waals surface area (Å²) >= 11 is 0. The Balaban J connectivity index is 4.17. The molecule has 0 saturated carbocycles. The first-order chi connectivity index (χ1) is 7.91. The van der Waals surface area contributed by atoms with Crippen LogP contribution in [0.4, 0.5) is 0 Å². The average Bonchev–Trinajstić information content (AvgIpc) is 2.24. The summed E-state index contributed by atoms with van der Waals surface area (Å²) in [5, 5.41) is 2.62. The first-order valence-electron chi connectivity index (χ1n) is 5.74. The lowest BCUT2D eigenvalue weighted by Gasteiger charge is -2.19. The molecule has 0 aromatic rings. The molecule has 17 heavy (non-hydrogen) atoms. The molecule has 1 N–H and O–H groups in total. The Morgan fingerprint density at radius 2 is 2.06 bits per heavy atom. The van der Waals surface area contributed by atoms with Crippen LogP contribution in [-0.2, 0) is 14.8 Å². The fourth-order valence-electron chi connectivity index (χ4n) is 1.28. The standard InChI is InChI=1S/C11H22N2O3S/c1-4-6-9-13(17(3,15)16)10-7-11(14)12-8-5-2/h5H,2,4,6-10H2,1,3H3,(H,12,14). The summed E-state index contributed by atoms with van der Waals surface area (Å²) in [6.07, 6.45) is 4.67. The van der Waals surface area contributed by atoms with Crippen LogP contribution < -0.4 is 5.32 Å². The van der Waals surface area contributed by atoms with Crippen LogP contribution in [0.5, 0.6) is 0 Å². The molecule has 0 atom stereocenters. The predicted octanol–water partition coefficient (Wildman–Crippen LogP) is 0.740. The molecule has 1 amide bonds. The summed E-state index contributed by atoms with van der Waals surface area (Å²) in [6.45, 7) is 6.61. The van der Waals surface area contributed by atoms with Crippen molar-refractivity contribution in [1.29, 1.82) is 0 Å². The topological polar surface area (TPSA) is 66.5 Å². The van der Waals surface area contributed by atoms with Crippen molar-refractivity contribution >= 4 is 15.9 Å². The summed E-state index contributed by atoms with van der Waals surface area (Å²) in [5.41, 5.74) is 0. The van der Waals surface area contributed by atoms with Crippen LogP contribution in [0, 0.1) is 0 Å². The Morgan fingerprint density at radius 3 is 2.53 bits per heavy atom. The molecule has 5 nitrogen and oxygen atoms in total. The number of unbranched alkanes of at least 4 members (excludes halogenated alkanes) is 1. The van der Waals surface area contributed by atoms with Gasteiger partial charge in [-0.3, -0.25) is 4.79 Å². The lowest BCUT2D eigenvalue weighted by Crippen LogP contribution is -2.35. The zero-order chi connectivity index (χ0) is 13.3. The lowest BCUT2D eigenvalue weighted by molar-refractivity contribution is -0.121. The molecule has 6 heteroatoms. The van der Waals surface area contributed by atoms with Crippen LogP contribution >= 0.6 is 0 Å². The van der Waals surface area contributed by atoms with Crippen molar-refractivity contribution in [3.8, 4) is 0 Å². The summed E-state index contributed by atoms with van der Waals surface area (Å²) in [6, 6.07) is 0. The molecule has 0 spiro atoms. The van der Waals surface area contributed by atoms with Crippen molar-refractivity contribution in [2.75, 3.05) is 25.9 Å². The highest BCUT2D eigenvalue weighted by molar-refractivity contribution is 7.88. The van der Waals surface area contributed by atoms with Gasteiger partial charge in [0, 0.05) is 26.1 Å². The highest BCUT2D eigenvalue weighted by Crippen LogP contribution is 2.02. The summed E-state index contributed by atoms with van der Waals surface area (Å²) in [7, 11) is -3.22. The second-order valence-electron chi connectivity index (χ2n) is 3.86. The van der Waals surface area contributed by atoms with Crippen molar-refractivity contribution in [1.82, 2.24) is 9.62 Å². The van der Waals surface area contributed by atoms with Gasteiger partial charge in [0.2, 0.25) is 15.9 Å². The van der Waals surface area contributed by atoms with E-state index in [1.165, 1.54) is 10.6 Å². The Morgan fingerprint density at radius 1 is 1.41 bits per heavy atom. The van der Waals surface area contributed by atoms with E-state index < -0.39 is 10.0 Å². The quantitative estimate of drug-likeness (QED) is 0.623. The first-order valence-corrected chi connectivity index (χ1v) is 7.59. The number of hydrogen-bond donors (Lipinski definition) is 1. The monoisotopic (exact) mass is 262 g/mol. The van der Waals surface area contributed by atoms with Crippen LogP contribution in [0.2, 0.25) is 0 Å². The summed E-state index contributed by atoms with van der Waals surface area (Å²) < 4.78 is 24.2. The van der Waals surface area contributed by atoms with Gasteiger partial charge in [0.1, 0.15) is 0 Å². The van der Waals surface area contributed by atoms with E-state index in [2.05, 4.69) is 11.9 Å². The second kappa shape index (κ2) is 8.25. The zero-order valence-electron chi connectivity index (χ0n) is 10.6. The molecular formula is C11H22N2O3S. The van der Waals surface area contributed by atoms with Crippen LogP contribution in [-0.4, -0.2) is 44.5 Å². The van der Waals surface area contributed by atoms with Crippen molar-refractivity contribution in [2.45, 2.75) is 26.2 Å². The molecule has 100 valence electrons. The van der Waals surface area contributed by atoms with Gasteiger partial charge in [-0.25, -0.2) is 12.7 Å². The molecule has 0 saturated heterocycles. The summed E-state index contributed by atoms with van der Waals surface area (Å²) in [5.74, 6) is -0.157. The predicted molar refractivity (Wildman–Crippen MR) is 69.1 cm³/mol. The molecule has 0 fully saturated rings. The van der Waals surface area contributed by atoms with Gasteiger partial charge in [0.15, 0.2) is 0 Å². The highest BCUT2D eigenvalue weighted by atomic mass is 32.2. The normalized spacial score (nSPS) is 11.5. The maximum atomic E-state index is 11.4. The maximum absolute atomic E-state index is 11.4. The van der Waals surface area contributed by atoms with E-state index in [-0.39, 0.29) is 18.9 Å². The molecular weight excluding hydrogens is 240 g/mol. The van der Waals surface area contributed by atoms with Crippen LogP contribution in [0.1, 0.15) is 26.2 Å². The third-order valence-electron chi connectivity index (χ3n) is 2.26. The van der Waals surface area contributed by atoms with Crippen molar-refractivity contribution in [2.24, 2.45) is 0 Å². The van der Waals surface area contributed by atoms with Gasteiger partial charge in [-0.1, -0.05) is 19.4 Å². The Hall–Kier alpha value is -0.880. The van der Waals surface area contributed by atoms with E-state index in [4.69, 9.17) is 0 Å². The number of sulfonamides is 1. The Kier molecular flexibility index (Phi) is 7.82. The fraction of sp³-hybridized carbons (Fsp3) is 0.727. The van der Waals surface area contributed by atoms with Gasteiger partial charge in [0.25, 0.3) is 0 Å². The number of nitrogens with zero attached hydrogens (tertiary/aromatic N) is 1. The number of carbonyl (C=O) groups is 1. The molecule has 0 radical (unpaired) electrons. The average molecular weight is 262 g/mol. The van der Waals surface area contributed by atoms with Crippen LogP contribution in [0.15, 0.2) is 12.7 Å². The largest absolute Gasteiger partial charge is 0.353 e. The van der Waals surface area contributed by atoms with Crippen LogP contribution in [0.3, 0.4) is 0 Å². The number of hydrogen-bond acceptors (Lipinski definition) is 3. The molecule has 0 aliphatic heterocycles. The lowest BCUT2D eigenvalue weighted by atomic mass is 10.3. The highest BCUT2D eigenvalue weighted by Gasteiger charge is 2.16. The smallest absolute Gasteiger partial charge is 0.221 e. The third kappa shape index (κ3) is 7.93. The van der Waals surface area contributed by atoms with E-state index >= 15 is 0 Å². The van der Waals surface area contributed by atoms with Gasteiger partial charge in [0.05, 0.1) is 6.26 Å². The van der Waals surface area contributed by atoms with Crippen molar-refractivity contribution < 1.29 is 13.2 Å². The molecule has 0 aromatic heterocycles. The maximum Gasteiger partial charge on any atom is 0.221 e. The molecule has 0 bridgehead atoms. The molecule has 0 heterocycles. The van der Waals surface area contributed by atoms with Gasteiger partial charge >= 0.3 is 0 Å².